The van der Waals surface area contributed by atoms with Crippen LogP contribution in [-0.2, 0) is 11.3 Å². The second-order valence-corrected chi connectivity index (χ2v) is 9.66. The molecule has 176 valence electrons. The molecule has 1 atom stereocenters. The first-order valence-electron chi connectivity index (χ1n) is 11.8. The number of carbonyl (C=O) groups is 1. The highest BCUT2D eigenvalue weighted by Crippen LogP contribution is 2.38. The van der Waals surface area contributed by atoms with Gasteiger partial charge in [-0.25, -0.2) is 14.8 Å². The average Bonchev–Trinajstić information content (AvgIpc) is 3.59. The lowest BCUT2D eigenvalue weighted by atomic mass is 9.95. The van der Waals surface area contributed by atoms with Gasteiger partial charge in [0.15, 0.2) is 5.82 Å². The molecule has 2 aliphatic heterocycles. The van der Waals surface area contributed by atoms with Gasteiger partial charge in [0, 0.05) is 36.4 Å². The molecule has 0 bridgehead atoms. The van der Waals surface area contributed by atoms with Crippen LogP contribution in [-0.4, -0.2) is 54.9 Å². The summed E-state index contributed by atoms with van der Waals surface area (Å²) in [7, 11) is 0. The number of rotatable bonds is 3. The summed E-state index contributed by atoms with van der Waals surface area (Å²) in [5.41, 5.74) is 1.93. The largest absolute Gasteiger partial charge is 0.446 e. The van der Waals surface area contributed by atoms with Gasteiger partial charge in [-0.3, -0.25) is 9.47 Å². The van der Waals surface area contributed by atoms with Crippen LogP contribution in [0.15, 0.2) is 36.7 Å². The SMILES string of the molecule is CC1c2nnc(C3CCN(c4ncccn4)CC3)n2-c2ccc(Cl)cc2CN1C(=O)OC1CC1. The van der Waals surface area contributed by atoms with Crippen molar-refractivity contribution in [2.45, 2.75) is 57.2 Å². The number of halogens is 1. The summed E-state index contributed by atoms with van der Waals surface area (Å²) in [4.78, 5) is 25.7. The summed E-state index contributed by atoms with van der Waals surface area (Å²) in [6.45, 7) is 4.09. The zero-order valence-electron chi connectivity index (χ0n) is 19.0. The fourth-order valence-corrected chi connectivity index (χ4v) is 5.06. The highest BCUT2D eigenvalue weighted by molar-refractivity contribution is 6.30. The van der Waals surface area contributed by atoms with Crippen molar-refractivity contribution < 1.29 is 9.53 Å². The van der Waals surface area contributed by atoms with Gasteiger partial charge >= 0.3 is 6.09 Å². The Morgan fingerprint density at radius 1 is 1.06 bits per heavy atom. The number of hydrogen-bond acceptors (Lipinski definition) is 7. The van der Waals surface area contributed by atoms with Gasteiger partial charge in [-0.15, -0.1) is 10.2 Å². The van der Waals surface area contributed by atoms with Crippen LogP contribution in [0.25, 0.3) is 5.69 Å². The molecule has 0 radical (unpaired) electrons. The average molecular weight is 480 g/mol. The summed E-state index contributed by atoms with van der Waals surface area (Å²) >= 11 is 6.36. The minimum absolute atomic E-state index is 0.0361. The van der Waals surface area contributed by atoms with Crippen LogP contribution in [0.4, 0.5) is 10.7 Å². The number of fused-ring (bicyclic) bond motifs is 3. The summed E-state index contributed by atoms with van der Waals surface area (Å²) < 4.78 is 7.78. The maximum Gasteiger partial charge on any atom is 0.410 e. The van der Waals surface area contributed by atoms with Gasteiger partial charge in [0.25, 0.3) is 0 Å². The highest BCUT2D eigenvalue weighted by Gasteiger charge is 2.37. The molecule has 6 rings (SSSR count). The van der Waals surface area contributed by atoms with Crippen molar-refractivity contribution in [3.05, 3.63) is 58.9 Å². The van der Waals surface area contributed by atoms with Crippen LogP contribution in [0.5, 0.6) is 0 Å². The minimum Gasteiger partial charge on any atom is -0.446 e. The van der Waals surface area contributed by atoms with E-state index in [2.05, 4.69) is 29.6 Å². The highest BCUT2D eigenvalue weighted by atomic mass is 35.5. The van der Waals surface area contributed by atoms with Gasteiger partial charge in [-0.2, -0.15) is 0 Å². The molecule has 2 fully saturated rings. The molecule has 3 aromatic rings. The van der Waals surface area contributed by atoms with Crippen molar-refractivity contribution >= 4 is 23.6 Å². The first-order chi connectivity index (χ1) is 16.6. The Kier molecular flexibility index (Phi) is 5.36. The van der Waals surface area contributed by atoms with E-state index in [1.807, 2.05) is 31.2 Å². The van der Waals surface area contributed by atoms with E-state index >= 15 is 0 Å². The molecule has 1 aliphatic carbocycles. The lowest BCUT2D eigenvalue weighted by molar-refractivity contribution is 0.0788. The molecule has 34 heavy (non-hydrogen) atoms. The van der Waals surface area contributed by atoms with Gasteiger partial charge in [0.1, 0.15) is 11.9 Å². The first-order valence-corrected chi connectivity index (χ1v) is 12.2. The number of nitrogens with zero attached hydrogens (tertiary/aromatic N) is 7. The Balaban J connectivity index is 1.33. The van der Waals surface area contributed by atoms with E-state index in [9.17, 15) is 4.79 Å². The molecule has 10 heteroatoms. The van der Waals surface area contributed by atoms with Crippen molar-refractivity contribution in [1.29, 1.82) is 0 Å². The van der Waals surface area contributed by atoms with Gasteiger partial charge in [-0.05, 0) is 62.4 Å². The van der Waals surface area contributed by atoms with Gasteiger partial charge < -0.3 is 9.64 Å². The van der Waals surface area contributed by atoms with Crippen molar-refractivity contribution in [2.75, 3.05) is 18.0 Å². The number of ether oxygens (including phenoxy) is 1. The summed E-state index contributed by atoms with van der Waals surface area (Å²) in [5, 5.41) is 9.88. The number of hydrogen-bond donors (Lipinski definition) is 0. The molecule has 3 aliphatic rings. The van der Waals surface area contributed by atoms with E-state index < -0.39 is 0 Å². The van der Waals surface area contributed by atoms with Crippen LogP contribution in [0, 0.1) is 0 Å². The molecule has 1 saturated heterocycles. The van der Waals surface area contributed by atoms with E-state index in [0.29, 0.717) is 11.6 Å². The third-order valence-electron chi connectivity index (χ3n) is 6.90. The molecule has 1 unspecified atom stereocenters. The van der Waals surface area contributed by atoms with Gasteiger partial charge in [0.05, 0.1) is 18.3 Å². The number of carbonyl (C=O) groups excluding carboxylic acids is 1. The molecule has 2 aromatic heterocycles. The molecule has 1 amide bonds. The second-order valence-electron chi connectivity index (χ2n) is 9.22. The molecule has 0 spiro atoms. The molecule has 9 nitrogen and oxygen atoms in total. The number of amides is 1. The topological polar surface area (TPSA) is 89.3 Å². The fourth-order valence-electron chi connectivity index (χ4n) is 4.86. The van der Waals surface area contributed by atoms with Crippen LogP contribution in [0.3, 0.4) is 0 Å². The number of anilines is 1. The minimum atomic E-state index is -0.310. The van der Waals surface area contributed by atoms with Crippen molar-refractivity contribution in [3.63, 3.8) is 0 Å². The summed E-state index contributed by atoms with van der Waals surface area (Å²) in [5.74, 6) is 2.68. The summed E-state index contributed by atoms with van der Waals surface area (Å²) in [6.07, 6.45) is 6.98. The van der Waals surface area contributed by atoms with Crippen LogP contribution in [0.1, 0.15) is 61.8 Å². The quantitative estimate of drug-likeness (QED) is 0.554. The van der Waals surface area contributed by atoms with Crippen LogP contribution < -0.4 is 4.90 Å². The van der Waals surface area contributed by atoms with Crippen molar-refractivity contribution in [1.82, 2.24) is 29.6 Å². The Labute approximate surface area is 202 Å². The van der Waals surface area contributed by atoms with Crippen LogP contribution >= 0.6 is 11.6 Å². The third-order valence-corrected chi connectivity index (χ3v) is 7.13. The molecule has 4 heterocycles. The Hall–Kier alpha value is -3.20. The second kappa shape index (κ2) is 8.54. The predicted molar refractivity (Wildman–Crippen MR) is 126 cm³/mol. The van der Waals surface area contributed by atoms with E-state index in [1.165, 1.54) is 0 Å². The number of aromatic nitrogens is 5. The van der Waals surface area contributed by atoms with Crippen molar-refractivity contribution in [2.24, 2.45) is 0 Å². The van der Waals surface area contributed by atoms with E-state index in [4.69, 9.17) is 16.3 Å². The van der Waals surface area contributed by atoms with Crippen LogP contribution in [0.2, 0.25) is 5.02 Å². The monoisotopic (exact) mass is 479 g/mol. The lowest BCUT2D eigenvalue weighted by Gasteiger charge is -2.31. The summed E-state index contributed by atoms with van der Waals surface area (Å²) in [6, 6.07) is 7.36. The standard InChI is InChI=1S/C24H26ClN7O2/c1-15-21-28-29-22(16-7-11-30(12-8-16)23-26-9-2-10-27-23)32(21)20-6-3-18(25)13-17(20)14-31(15)24(33)34-19-4-5-19/h2-3,6,9-10,13,15-16,19H,4-5,7-8,11-12,14H2,1H3. The Morgan fingerprint density at radius 2 is 1.79 bits per heavy atom. The van der Waals surface area contributed by atoms with Gasteiger partial charge in [-0.1, -0.05) is 11.6 Å². The van der Waals surface area contributed by atoms with E-state index in [-0.39, 0.29) is 24.2 Å². The molecule has 1 aromatic carbocycles. The molecular formula is C24H26ClN7O2. The molecular weight excluding hydrogens is 454 g/mol. The predicted octanol–water partition coefficient (Wildman–Crippen LogP) is 4.27. The zero-order valence-corrected chi connectivity index (χ0v) is 19.7. The smallest absolute Gasteiger partial charge is 0.410 e. The molecule has 1 saturated carbocycles. The maximum atomic E-state index is 13.0. The van der Waals surface area contributed by atoms with Gasteiger partial charge in [0.2, 0.25) is 5.95 Å². The number of benzene rings is 1. The Bertz CT molecular complexity index is 1210. The normalized spacial score (nSPS) is 20.5. The third kappa shape index (κ3) is 3.87. The van der Waals surface area contributed by atoms with Crippen molar-refractivity contribution in [3.8, 4) is 5.69 Å². The molecule has 0 N–H and O–H groups in total. The Morgan fingerprint density at radius 3 is 2.53 bits per heavy atom. The first kappa shape index (κ1) is 21.3. The number of piperidine rings is 1. The van der Waals surface area contributed by atoms with E-state index in [0.717, 1.165) is 67.6 Å². The van der Waals surface area contributed by atoms with E-state index in [1.54, 1.807) is 17.3 Å². The maximum absolute atomic E-state index is 13.0. The zero-order chi connectivity index (χ0) is 23.2. The lowest BCUT2D eigenvalue weighted by Crippen LogP contribution is -2.35. The fraction of sp³-hybridized carbons (Fsp3) is 0.458.